The molecule has 4 heteroatoms. The van der Waals surface area contributed by atoms with Gasteiger partial charge in [-0.25, -0.2) is 4.79 Å². The lowest BCUT2D eigenvalue weighted by Crippen LogP contribution is -2.47. The summed E-state index contributed by atoms with van der Waals surface area (Å²) in [5.41, 5.74) is 4.35. The summed E-state index contributed by atoms with van der Waals surface area (Å²) in [7, 11) is 0. The lowest BCUT2D eigenvalue weighted by molar-refractivity contribution is -0.111. The number of rotatable bonds is 5. The Morgan fingerprint density at radius 3 is 2.37 bits per heavy atom. The van der Waals surface area contributed by atoms with Crippen LogP contribution in [0.5, 0.6) is 0 Å². The first kappa shape index (κ1) is 18.6. The van der Waals surface area contributed by atoms with Gasteiger partial charge in [-0.3, -0.25) is 9.69 Å². The van der Waals surface area contributed by atoms with E-state index in [0.717, 1.165) is 11.1 Å². The van der Waals surface area contributed by atoms with Crippen molar-refractivity contribution in [3.8, 4) is 0 Å². The Balaban J connectivity index is 1.98. The summed E-state index contributed by atoms with van der Waals surface area (Å²) in [6.07, 6.45) is 3.40. The second-order valence-corrected chi connectivity index (χ2v) is 6.64. The maximum Gasteiger partial charge on any atom is 0.322 e. The molecule has 138 valence electrons. The van der Waals surface area contributed by atoms with Crippen LogP contribution in [0.4, 0.5) is 4.79 Å². The number of urea groups is 1. The topological polar surface area (TPSA) is 49.4 Å². The van der Waals surface area contributed by atoms with Gasteiger partial charge in [-0.2, -0.15) is 0 Å². The number of ketones is 1. The molecule has 0 aromatic heterocycles. The molecule has 0 saturated carbocycles. The number of allylic oxidation sites excluding steroid dienone is 2. The molecule has 0 unspecified atom stereocenters. The minimum absolute atomic E-state index is 0.0969. The van der Waals surface area contributed by atoms with E-state index in [9.17, 15) is 9.59 Å². The van der Waals surface area contributed by atoms with Gasteiger partial charge in [0, 0.05) is 17.8 Å². The van der Waals surface area contributed by atoms with Gasteiger partial charge < -0.3 is 5.32 Å². The maximum absolute atomic E-state index is 13.1. The molecule has 2 amide bonds. The maximum atomic E-state index is 13.1. The number of carbonyl (C=O) groups is 2. The summed E-state index contributed by atoms with van der Waals surface area (Å²) < 4.78 is 0. The lowest BCUT2D eigenvalue weighted by atomic mass is 9.91. The van der Waals surface area contributed by atoms with Gasteiger partial charge in [0.05, 0.1) is 6.04 Å². The highest BCUT2D eigenvalue weighted by molar-refractivity contribution is 6.09. The molecule has 0 spiro atoms. The smallest absolute Gasteiger partial charge is 0.322 e. The quantitative estimate of drug-likeness (QED) is 0.790. The first-order valence-electron chi connectivity index (χ1n) is 9.14. The monoisotopic (exact) mass is 360 g/mol. The third kappa shape index (κ3) is 4.00. The Morgan fingerprint density at radius 2 is 1.74 bits per heavy atom. The SMILES string of the molecule is CCN1C(=O)N[C@@H](c2ccccc2)C(C(=O)/C=C/c2ccc(C)cc2)=C1C. The molecule has 0 fully saturated rings. The molecule has 1 heterocycles. The second kappa shape index (κ2) is 8.04. The predicted octanol–water partition coefficient (Wildman–Crippen LogP) is 4.64. The van der Waals surface area contributed by atoms with Gasteiger partial charge in [0.25, 0.3) is 0 Å². The molecule has 0 aliphatic carbocycles. The van der Waals surface area contributed by atoms with Crippen molar-refractivity contribution in [2.75, 3.05) is 6.54 Å². The Labute approximate surface area is 160 Å². The van der Waals surface area contributed by atoms with Crippen molar-refractivity contribution >= 4 is 17.9 Å². The van der Waals surface area contributed by atoms with Crippen molar-refractivity contribution < 1.29 is 9.59 Å². The van der Waals surface area contributed by atoms with Crippen molar-refractivity contribution in [2.24, 2.45) is 0 Å². The van der Waals surface area contributed by atoms with Crippen LogP contribution >= 0.6 is 0 Å². The van der Waals surface area contributed by atoms with Gasteiger partial charge in [0.15, 0.2) is 5.78 Å². The molecule has 27 heavy (non-hydrogen) atoms. The van der Waals surface area contributed by atoms with Gasteiger partial charge >= 0.3 is 6.03 Å². The highest BCUT2D eigenvalue weighted by Crippen LogP contribution is 2.31. The van der Waals surface area contributed by atoms with E-state index in [0.29, 0.717) is 17.8 Å². The largest absolute Gasteiger partial charge is 0.327 e. The van der Waals surface area contributed by atoms with E-state index in [-0.39, 0.29) is 11.8 Å². The number of amides is 2. The van der Waals surface area contributed by atoms with Crippen molar-refractivity contribution in [1.82, 2.24) is 10.2 Å². The fraction of sp³-hybridized carbons (Fsp3) is 0.217. The zero-order valence-corrected chi connectivity index (χ0v) is 15.9. The molecular formula is C23H24N2O2. The summed E-state index contributed by atoms with van der Waals surface area (Å²) in [6, 6.07) is 17.0. The second-order valence-electron chi connectivity index (χ2n) is 6.64. The normalized spacial score (nSPS) is 17.4. The van der Waals surface area contributed by atoms with Crippen LogP contribution in [0.1, 0.15) is 36.6 Å². The van der Waals surface area contributed by atoms with Gasteiger partial charge in [-0.15, -0.1) is 0 Å². The molecule has 0 radical (unpaired) electrons. The van der Waals surface area contributed by atoms with Crippen LogP contribution in [0.15, 0.2) is 71.9 Å². The van der Waals surface area contributed by atoms with Crippen LogP contribution in [0.25, 0.3) is 6.08 Å². The van der Waals surface area contributed by atoms with Gasteiger partial charge in [0.1, 0.15) is 0 Å². The molecule has 4 nitrogen and oxygen atoms in total. The fourth-order valence-electron chi connectivity index (χ4n) is 3.32. The Hall–Kier alpha value is -3.14. The minimum Gasteiger partial charge on any atom is -0.327 e. The van der Waals surface area contributed by atoms with E-state index in [1.165, 1.54) is 5.56 Å². The summed E-state index contributed by atoms with van der Waals surface area (Å²) in [5.74, 6) is -0.0969. The average Bonchev–Trinajstić information content (AvgIpc) is 2.68. The van der Waals surface area contributed by atoms with Crippen LogP contribution in [0, 0.1) is 6.92 Å². The third-order valence-corrected chi connectivity index (χ3v) is 4.82. The van der Waals surface area contributed by atoms with Crippen LogP contribution in [0.2, 0.25) is 0 Å². The van der Waals surface area contributed by atoms with E-state index in [1.54, 1.807) is 11.0 Å². The zero-order valence-electron chi connectivity index (χ0n) is 15.9. The Bertz CT molecular complexity index is 896. The van der Waals surface area contributed by atoms with E-state index < -0.39 is 6.04 Å². The highest BCUT2D eigenvalue weighted by atomic mass is 16.2. The molecule has 0 saturated heterocycles. The molecular weight excluding hydrogens is 336 g/mol. The van der Waals surface area contributed by atoms with Crippen LogP contribution in [-0.4, -0.2) is 23.3 Å². The summed E-state index contributed by atoms with van der Waals surface area (Å²) >= 11 is 0. The molecule has 0 bridgehead atoms. The van der Waals surface area contributed by atoms with E-state index in [1.807, 2.05) is 81.4 Å². The van der Waals surface area contributed by atoms with Crippen LogP contribution in [0.3, 0.4) is 0 Å². The number of benzene rings is 2. The van der Waals surface area contributed by atoms with Gasteiger partial charge in [0.2, 0.25) is 0 Å². The predicted molar refractivity (Wildman–Crippen MR) is 108 cm³/mol. The number of nitrogens with zero attached hydrogens (tertiary/aromatic N) is 1. The summed E-state index contributed by atoms with van der Waals surface area (Å²) in [6.45, 7) is 6.28. The first-order valence-corrected chi connectivity index (χ1v) is 9.14. The highest BCUT2D eigenvalue weighted by Gasteiger charge is 2.33. The van der Waals surface area contributed by atoms with E-state index in [4.69, 9.17) is 0 Å². The Morgan fingerprint density at radius 1 is 1.07 bits per heavy atom. The number of aryl methyl sites for hydroxylation is 1. The van der Waals surface area contributed by atoms with Crippen molar-refractivity contribution in [3.05, 3.63) is 88.6 Å². The van der Waals surface area contributed by atoms with Gasteiger partial charge in [-0.05, 0) is 38.0 Å². The first-order chi connectivity index (χ1) is 13.0. The number of nitrogens with one attached hydrogen (secondary N) is 1. The lowest BCUT2D eigenvalue weighted by Gasteiger charge is -2.35. The number of hydrogen-bond donors (Lipinski definition) is 1. The molecule has 2 aromatic rings. The number of carbonyl (C=O) groups excluding carboxylic acids is 2. The molecule has 1 N–H and O–H groups in total. The van der Waals surface area contributed by atoms with Crippen molar-refractivity contribution in [3.63, 3.8) is 0 Å². The average molecular weight is 360 g/mol. The molecule has 2 aromatic carbocycles. The van der Waals surface area contributed by atoms with E-state index in [2.05, 4.69) is 5.32 Å². The molecule has 1 aliphatic rings. The fourth-order valence-corrected chi connectivity index (χ4v) is 3.32. The summed E-state index contributed by atoms with van der Waals surface area (Å²) in [5, 5.41) is 2.98. The summed E-state index contributed by atoms with van der Waals surface area (Å²) in [4.78, 5) is 27.1. The third-order valence-electron chi connectivity index (χ3n) is 4.82. The Kier molecular flexibility index (Phi) is 5.55. The number of hydrogen-bond acceptors (Lipinski definition) is 2. The van der Waals surface area contributed by atoms with Crippen LogP contribution in [-0.2, 0) is 4.79 Å². The molecule has 1 atom stereocenters. The van der Waals surface area contributed by atoms with Gasteiger partial charge in [-0.1, -0.05) is 66.2 Å². The van der Waals surface area contributed by atoms with Crippen molar-refractivity contribution in [1.29, 1.82) is 0 Å². The molecule has 1 aliphatic heterocycles. The van der Waals surface area contributed by atoms with E-state index >= 15 is 0 Å². The zero-order chi connectivity index (χ0) is 19.4. The van der Waals surface area contributed by atoms with Crippen molar-refractivity contribution in [2.45, 2.75) is 26.8 Å². The van der Waals surface area contributed by atoms with Crippen LogP contribution < -0.4 is 5.32 Å². The standard InChI is InChI=1S/C23H24N2O2/c1-4-25-17(3)21(20(26)15-14-18-12-10-16(2)11-13-18)22(24-23(25)27)19-8-6-5-7-9-19/h5-15,22H,4H2,1-3H3,(H,24,27)/b15-14+/t22-/m0/s1. The minimum atomic E-state index is -0.448. The molecule has 3 rings (SSSR count).